The smallest absolute Gasteiger partial charge is 0.211 e. The molecule has 1 aromatic carbocycles. The summed E-state index contributed by atoms with van der Waals surface area (Å²) in [6.07, 6.45) is -3.05. The van der Waals surface area contributed by atoms with Crippen LogP contribution in [-0.4, -0.2) is 6.08 Å². The zero-order chi connectivity index (χ0) is 12.3. The molecule has 0 spiro atoms. The minimum atomic E-state index is -4.38. The van der Waals surface area contributed by atoms with Crippen LogP contribution in [0.3, 0.4) is 0 Å². The third-order valence-electron chi connectivity index (χ3n) is 2.30. The lowest BCUT2D eigenvalue weighted by atomic mass is 10.0. The van der Waals surface area contributed by atoms with Crippen LogP contribution in [0, 0.1) is 6.92 Å². The fourth-order valence-corrected chi connectivity index (χ4v) is 1.36. The predicted molar refractivity (Wildman–Crippen MR) is 52.7 cm³/mol. The molecule has 0 amide bonds. The van der Waals surface area contributed by atoms with E-state index < -0.39 is 17.8 Å². The molecule has 1 atom stereocenters. The lowest BCUT2D eigenvalue weighted by Crippen LogP contribution is -2.08. The first-order valence-corrected chi connectivity index (χ1v) is 4.61. The van der Waals surface area contributed by atoms with Crippen LogP contribution in [0.25, 0.3) is 0 Å². The molecular formula is C11H10F3NO. The molecule has 1 rings (SSSR count). The quantitative estimate of drug-likeness (QED) is 0.564. The summed E-state index contributed by atoms with van der Waals surface area (Å²) < 4.78 is 37.7. The maximum absolute atomic E-state index is 12.6. The molecule has 0 aliphatic carbocycles. The Hall–Kier alpha value is -1.61. The molecule has 1 unspecified atom stereocenters. The van der Waals surface area contributed by atoms with E-state index in [9.17, 15) is 18.0 Å². The van der Waals surface area contributed by atoms with Crippen molar-refractivity contribution in [2.45, 2.75) is 26.1 Å². The fourth-order valence-electron chi connectivity index (χ4n) is 1.36. The number of nitrogens with zero attached hydrogens (tertiary/aromatic N) is 1. The second-order valence-corrected chi connectivity index (χ2v) is 3.47. The number of rotatable bonds is 2. The first-order chi connectivity index (χ1) is 7.36. The number of hydrogen-bond donors (Lipinski definition) is 0. The molecule has 0 saturated heterocycles. The summed E-state index contributed by atoms with van der Waals surface area (Å²) in [5.41, 5.74) is -0.197. The van der Waals surface area contributed by atoms with Gasteiger partial charge in [0.2, 0.25) is 6.08 Å². The summed E-state index contributed by atoms with van der Waals surface area (Å²) in [4.78, 5) is 13.4. The molecule has 1 aromatic rings. The van der Waals surface area contributed by atoms with Gasteiger partial charge in [0.15, 0.2) is 0 Å². The zero-order valence-corrected chi connectivity index (χ0v) is 8.80. The molecule has 0 aromatic heterocycles. The number of carbonyl (C=O) groups excluding carboxylic acids is 1. The van der Waals surface area contributed by atoms with Crippen molar-refractivity contribution in [1.29, 1.82) is 0 Å². The van der Waals surface area contributed by atoms with Crippen LogP contribution in [0.4, 0.5) is 13.2 Å². The third-order valence-corrected chi connectivity index (χ3v) is 2.30. The fraction of sp³-hybridized carbons (Fsp3) is 0.364. The summed E-state index contributed by atoms with van der Waals surface area (Å²) in [6, 6.07) is 3.30. The number of alkyl halides is 3. The van der Waals surface area contributed by atoms with Gasteiger partial charge in [0.05, 0.1) is 11.6 Å². The normalized spacial score (nSPS) is 13.1. The number of isocyanates is 1. The van der Waals surface area contributed by atoms with Crippen LogP contribution in [0.15, 0.2) is 23.2 Å². The van der Waals surface area contributed by atoms with Gasteiger partial charge in [-0.05, 0) is 31.0 Å². The molecule has 0 saturated carbocycles. The van der Waals surface area contributed by atoms with Gasteiger partial charge in [-0.3, -0.25) is 0 Å². The minimum absolute atomic E-state index is 0.151. The van der Waals surface area contributed by atoms with E-state index in [0.29, 0.717) is 5.56 Å². The molecule has 0 aliphatic heterocycles. The third kappa shape index (κ3) is 2.70. The first-order valence-electron chi connectivity index (χ1n) is 4.61. The van der Waals surface area contributed by atoms with E-state index in [-0.39, 0.29) is 5.56 Å². The van der Waals surface area contributed by atoms with Crippen LogP contribution in [0.1, 0.15) is 29.7 Å². The molecular weight excluding hydrogens is 219 g/mol. The van der Waals surface area contributed by atoms with E-state index in [2.05, 4.69) is 4.99 Å². The Morgan fingerprint density at radius 2 is 2.00 bits per heavy atom. The summed E-state index contributed by atoms with van der Waals surface area (Å²) in [5.74, 6) is 0. The van der Waals surface area contributed by atoms with Crippen molar-refractivity contribution >= 4 is 6.08 Å². The highest BCUT2D eigenvalue weighted by Gasteiger charge is 2.32. The van der Waals surface area contributed by atoms with E-state index >= 15 is 0 Å². The van der Waals surface area contributed by atoms with Crippen molar-refractivity contribution in [3.8, 4) is 0 Å². The van der Waals surface area contributed by atoms with E-state index in [1.807, 2.05) is 0 Å². The number of hydrogen-bond acceptors (Lipinski definition) is 2. The van der Waals surface area contributed by atoms with Crippen LogP contribution in [0.5, 0.6) is 0 Å². The highest BCUT2D eigenvalue weighted by molar-refractivity contribution is 5.38. The molecule has 0 bridgehead atoms. The maximum atomic E-state index is 12.6. The molecule has 16 heavy (non-hydrogen) atoms. The molecule has 5 heteroatoms. The van der Waals surface area contributed by atoms with Gasteiger partial charge in [0.25, 0.3) is 0 Å². The average molecular weight is 229 g/mol. The summed E-state index contributed by atoms with van der Waals surface area (Å²) in [7, 11) is 0. The standard InChI is InChI=1S/C11H10F3NO/c1-7-3-4-9(8(2)15-6-16)5-10(7)11(12,13)14/h3-5,8H,1-2H3. The number of benzene rings is 1. The highest BCUT2D eigenvalue weighted by Crippen LogP contribution is 2.33. The summed E-state index contributed by atoms with van der Waals surface area (Å²) in [6.45, 7) is 2.93. The van der Waals surface area contributed by atoms with E-state index in [1.165, 1.54) is 32.1 Å². The average Bonchev–Trinajstić information content (AvgIpc) is 2.16. The molecule has 0 N–H and O–H groups in total. The van der Waals surface area contributed by atoms with E-state index in [4.69, 9.17) is 0 Å². The molecule has 2 nitrogen and oxygen atoms in total. The Bertz CT molecular complexity index is 433. The molecule has 0 fully saturated rings. The number of aryl methyl sites for hydroxylation is 1. The van der Waals surface area contributed by atoms with Crippen molar-refractivity contribution in [2.75, 3.05) is 0 Å². The van der Waals surface area contributed by atoms with Gasteiger partial charge in [0.1, 0.15) is 0 Å². The Morgan fingerprint density at radius 1 is 1.38 bits per heavy atom. The first kappa shape index (κ1) is 12.5. The van der Waals surface area contributed by atoms with E-state index in [1.54, 1.807) is 0 Å². The molecule has 0 aliphatic rings. The Balaban J connectivity index is 3.22. The zero-order valence-electron chi connectivity index (χ0n) is 8.80. The molecule has 86 valence electrons. The van der Waals surface area contributed by atoms with Gasteiger partial charge < -0.3 is 0 Å². The monoisotopic (exact) mass is 229 g/mol. The van der Waals surface area contributed by atoms with Crippen LogP contribution in [-0.2, 0) is 11.0 Å². The Kier molecular flexibility index (Phi) is 3.50. The van der Waals surface area contributed by atoms with Crippen molar-refractivity contribution in [1.82, 2.24) is 0 Å². The van der Waals surface area contributed by atoms with Gasteiger partial charge in [0, 0.05) is 0 Å². The van der Waals surface area contributed by atoms with Crippen LogP contribution >= 0.6 is 0 Å². The van der Waals surface area contributed by atoms with Crippen LogP contribution in [0.2, 0.25) is 0 Å². The SMILES string of the molecule is Cc1ccc(C(C)N=C=O)cc1C(F)(F)F. The van der Waals surface area contributed by atoms with Crippen molar-refractivity contribution in [3.05, 3.63) is 34.9 Å². The Morgan fingerprint density at radius 3 is 2.50 bits per heavy atom. The second kappa shape index (κ2) is 4.49. The van der Waals surface area contributed by atoms with Crippen molar-refractivity contribution < 1.29 is 18.0 Å². The number of halogens is 3. The van der Waals surface area contributed by atoms with Gasteiger partial charge in [-0.15, -0.1) is 0 Å². The maximum Gasteiger partial charge on any atom is 0.416 e. The van der Waals surface area contributed by atoms with E-state index in [0.717, 1.165) is 6.07 Å². The van der Waals surface area contributed by atoms with Crippen LogP contribution < -0.4 is 0 Å². The van der Waals surface area contributed by atoms with Gasteiger partial charge >= 0.3 is 6.18 Å². The van der Waals surface area contributed by atoms with Crippen molar-refractivity contribution in [2.24, 2.45) is 4.99 Å². The Labute approximate surface area is 90.8 Å². The lowest BCUT2D eigenvalue weighted by Gasteiger charge is -2.13. The van der Waals surface area contributed by atoms with Gasteiger partial charge in [-0.2, -0.15) is 18.2 Å². The summed E-state index contributed by atoms with van der Waals surface area (Å²) >= 11 is 0. The largest absolute Gasteiger partial charge is 0.416 e. The molecule has 0 heterocycles. The molecule has 0 radical (unpaired) electrons. The summed E-state index contributed by atoms with van der Waals surface area (Å²) in [5, 5.41) is 0. The van der Waals surface area contributed by atoms with Crippen molar-refractivity contribution in [3.63, 3.8) is 0 Å². The number of aliphatic imine (C=N–C) groups is 1. The van der Waals surface area contributed by atoms with Gasteiger partial charge in [-0.25, -0.2) is 4.79 Å². The highest BCUT2D eigenvalue weighted by atomic mass is 19.4. The minimum Gasteiger partial charge on any atom is -0.211 e. The van der Waals surface area contributed by atoms with Gasteiger partial charge in [-0.1, -0.05) is 12.1 Å². The topological polar surface area (TPSA) is 29.4 Å². The predicted octanol–water partition coefficient (Wildman–Crippen LogP) is 3.41. The lowest BCUT2D eigenvalue weighted by molar-refractivity contribution is -0.138. The second-order valence-electron chi connectivity index (χ2n) is 3.47.